The number of benzene rings is 2. The first kappa shape index (κ1) is 14.7. The third-order valence-electron chi connectivity index (χ3n) is 2.95. The van der Waals surface area contributed by atoms with Gasteiger partial charge in [-0.25, -0.2) is 9.37 Å². The Hall–Kier alpha value is -2.24. The normalized spacial score (nSPS) is 10.5. The molecule has 2 aromatic carbocycles. The number of nitrogens with one attached hydrogen (secondary N) is 1. The Bertz CT molecular complexity index is 817. The number of nitrogens with zero attached hydrogens (tertiary/aromatic N) is 1. The second-order valence-corrected chi connectivity index (χ2v) is 5.91. The Balaban J connectivity index is 1.80. The highest BCUT2D eigenvalue weighted by Gasteiger charge is 2.13. The summed E-state index contributed by atoms with van der Waals surface area (Å²) >= 11 is 7.29. The molecule has 0 fully saturated rings. The molecule has 0 aliphatic heterocycles. The number of hydrogen-bond acceptors (Lipinski definition) is 4. The third kappa shape index (κ3) is 3.16. The van der Waals surface area contributed by atoms with E-state index in [0.717, 1.165) is 5.69 Å². The summed E-state index contributed by atoms with van der Waals surface area (Å²) in [5.41, 5.74) is 1.15. The summed E-state index contributed by atoms with van der Waals surface area (Å²) in [6, 6.07) is 12.7. The second-order valence-electron chi connectivity index (χ2n) is 4.47. The van der Waals surface area contributed by atoms with Gasteiger partial charge in [-0.2, -0.15) is 0 Å². The van der Waals surface area contributed by atoms with Crippen LogP contribution >= 0.6 is 22.9 Å². The van der Waals surface area contributed by atoms with Crippen LogP contribution in [0.1, 0.15) is 15.2 Å². The number of halogens is 2. The average Bonchev–Trinajstić information content (AvgIpc) is 2.98. The molecule has 0 bridgehead atoms. The highest BCUT2D eigenvalue weighted by atomic mass is 35.5. The molecule has 22 heavy (non-hydrogen) atoms. The standard InChI is InChI=1S/C16H10ClFN2OS/c17-12-3-1-2-4-13(12)20-16-19-9-14(22-16)15(21)10-5-7-11(18)8-6-10/h1-9H,(H,19,20). The van der Waals surface area contributed by atoms with Crippen molar-refractivity contribution in [3.05, 3.63) is 76.0 Å². The molecule has 0 saturated heterocycles. The van der Waals surface area contributed by atoms with Crippen molar-refractivity contribution in [3.63, 3.8) is 0 Å². The summed E-state index contributed by atoms with van der Waals surface area (Å²) in [6.07, 6.45) is 1.50. The third-order valence-corrected chi connectivity index (χ3v) is 4.19. The van der Waals surface area contributed by atoms with Crippen LogP contribution in [0, 0.1) is 5.82 Å². The number of anilines is 2. The molecular formula is C16H10ClFN2OS. The molecule has 110 valence electrons. The second kappa shape index (κ2) is 6.25. The summed E-state index contributed by atoms with van der Waals surface area (Å²) < 4.78 is 12.9. The van der Waals surface area contributed by atoms with E-state index in [0.29, 0.717) is 20.6 Å². The van der Waals surface area contributed by atoms with Gasteiger partial charge in [-0.15, -0.1) is 0 Å². The Morgan fingerprint density at radius 3 is 2.59 bits per heavy atom. The van der Waals surface area contributed by atoms with Crippen molar-refractivity contribution in [2.45, 2.75) is 0 Å². The van der Waals surface area contributed by atoms with E-state index < -0.39 is 0 Å². The Morgan fingerprint density at radius 2 is 1.86 bits per heavy atom. The first-order chi connectivity index (χ1) is 10.6. The number of ketones is 1. The van der Waals surface area contributed by atoms with Crippen LogP contribution in [0.3, 0.4) is 0 Å². The highest BCUT2D eigenvalue weighted by molar-refractivity contribution is 7.17. The summed E-state index contributed by atoms with van der Waals surface area (Å²) in [6.45, 7) is 0. The maximum Gasteiger partial charge on any atom is 0.204 e. The topological polar surface area (TPSA) is 42.0 Å². The predicted octanol–water partition coefficient (Wildman–Crippen LogP) is 4.91. The molecule has 3 rings (SSSR count). The van der Waals surface area contributed by atoms with Crippen LogP contribution in [-0.2, 0) is 0 Å². The maximum atomic E-state index is 12.9. The maximum absolute atomic E-state index is 12.9. The number of carbonyl (C=O) groups excluding carboxylic acids is 1. The molecule has 0 radical (unpaired) electrons. The van der Waals surface area contributed by atoms with Crippen LogP contribution in [-0.4, -0.2) is 10.8 Å². The zero-order valence-electron chi connectivity index (χ0n) is 11.2. The van der Waals surface area contributed by atoms with E-state index in [4.69, 9.17) is 11.6 Å². The lowest BCUT2D eigenvalue weighted by molar-refractivity contribution is 0.104. The predicted molar refractivity (Wildman–Crippen MR) is 86.7 cm³/mol. The van der Waals surface area contributed by atoms with Crippen LogP contribution in [0.15, 0.2) is 54.7 Å². The van der Waals surface area contributed by atoms with Gasteiger partial charge in [-0.3, -0.25) is 4.79 Å². The number of rotatable bonds is 4. The molecule has 0 aliphatic rings. The minimum atomic E-state index is -0.373. The number of aromatic nitrogens is 1. The number of thiazole rings is 1. The Kier molecular flexibility index (Phi) is 4.18. The fourth-order valence-electron chi connectivity index (χ4n) is 1.86. The Morgan fingerprint density at radius 1 is 1.14 bits per heavy atom. The molecule has 0 spiro atoms. The van der Waals surface area contributed by atoms with Crippen LogP contribution in [0.4, 0.5) is 15.2 Å². The van der Waals surface area contributed by atoms with Gasteiger partial charge in [-0.1, -0.05) is 35.1 Å². The van der Waals surface area contributed by atoms with Crippen LogP contribution in [0.2, 0.25) is 5.02 Å². The van der Waals surface area contributed by atoms with Gasteiger partial charge in [0.05, 0.1) is 21.8 Å². The number of carbonyl (C=O) groups is 1. The largest absolute Gasteiger partial charge is 0.330 e. The Labute approximate surface area is 135 Å². The van der Waals surface area contributed by atoms with Crippen molar-refractivity contribution in [2.75, 3.05) is 5.32 Å². The van der Waals surface area contributed by atoms with Gasteiger partial charge in [-0.05, 0) is 36.4 Å². The van der Waals surface area contributed by atoms with Gasteiger partial charge >= 0.3 is 0 Å². The van der Waals surface area contributed by atoms with E-state index in [9.17, 15) is 9.18 Å². The number of para-hydroxylation sites is 1. The molecule has 1 N–H and O–H groups in total. The fourth-order valence-corrected chi connectivity index (χ4v) is 2.83. The van der Waals surface area contributed by atoms with E-state index in [1.807, 2.05) is 18.2 Å². The van der Waals surface area contributed by atoms with Gasteiger partial charge in [0.25, 0.3) is 0 Å². The molecule has 3 nitrogen and oxygen atoms in total. The smallest absolute Gasteiger partial charge is 0.204 e. The summed E-state index contributed by atoms with van der Waals surface area (Å²) in [4.78, 5) is 16.9. The van der Waals surface area contributed by atoms with Crippen molar-refractivity contribution in [2.24, 2.45) is 0 Å². The van der Waals surface area contributed by atoms with Crippen molar-refractivity contribution >= 4 is 39.5 Å². The van der Waals surface area contributed by atoms with Crippen LogP contribution < -0.4 is 5.32 Å². The first-order valence-electron chi connectivity index (χ1n) is 6.41. The fraction of sp³-hybridized carbons (Fsp3) is 0. The zero-order chi connectivity index (χ0) is 15.5. The highest BCUT2D eigenvalue weighted by Crippen LogP contribution is 2.28. The lowest BCUT2D eigenvalue weighted by Gasteiger charge is -2.03. The lowest BCUT2D eigenvalue weighted by atomic mass is 10.1. The molecule has 6 heteroatoms. The van der Waals surface area contributed by atoms with E-state index in [1.165, 1.54) is 41.8 Å². The molecule has 0 atom stereocenters. The van der Waals surface area contributed by atoms with E-state index in [1.54, 1.807) is 6.07 Å². The van der Waals surface area contributed by atoms with E-state index in [2.05, 4.69) is 10.3 Å². The molecule has 1 aromatic heterocycles. The summed E-state index contributed by atoms with van der Waals surface area (Å²) in [5, 5.41) is 4.21. The minimum absolute atomic E-state index is 0.190. The van der Waals surface area contributed by atoms with Crippen molar-refractivity contribution in [1.82, 2.24) is 4.98 Å². The van der Waals surface area contributed by atoms with Crippen molar-refractivity contribution in [1.29, 1.82) is 0 Å². The number of hydrogen-bond donors (Lipinski definition) is 1. The summed E-state index contributed by atoms with van der Waals surface area (Å²) in [7, 11) is 0. The van der Waals surface area contributed by atoms with Gasteiger partial charge in [0.2, 0.25) is 5.78 Å². The quantitative estimate of drug-likeness (QED) is 0.690. The van der Waals surface area contributed by atoms with Crippen LogP contribution in [0.25, 0.3) is 0 Å². The molecular weight excluding hydrogens is 323 g/mol. The molecule has 0 aliphatic carbocycles. The van der Waals surface area contributed by atoms with E-state index >= 15 is 0 Å². The van der Waals surface area contributed by atoms with Crippen LogP contribution in [0.5, 0.6) is 0 Å². The summed E-state index contributed by atoms with van der Waals surface area (Å²) in [5.74, 6) is -0.563. The van der Waals surface area contributed by atoms with Gasteiger partial charge in [0, 0.05) is 5.56 Å². The van der Waals surface area contributed by atoms with Crippen molar-refractivity contribution < 1.29 is 9.18 Å². The van der Waals surface area contributed by atoms with Gasteiger partial charge < -0.3 is 5.32 Å². The van der Waals surface area contributed by atoms with Crippen molar-refractivity contribution in [3.8, 4) is 0 Å². The van der Waals surface area contributed by atoms with Gasteiger partial charge in [0.1, 0.15) is 5.82 Å². The minimum Gasteiger partial charge on any atom is -0.330 e. The zero-order valence-corrected chi connectivity index (χ0v) is 12.8. The molecule has 3 aromatic rings. The average molecular weight is 333 g/mol. The molecule has 0 amide bonds. The SMILES string of the molecule is O=C(c1ccc(F)cc1)c1cnc(Nc2ccccc2Cl)s1. The monoisotopic (exact) mass is 332 g/mol. The first-order valence-corrected chi connectivity index (χ1v) is 7.60. The molecule has 0 unspecified atom stereocenters. The van der Waals surface area contributed by atoms with Gasteiger partial charge in [0.15, 0.2) is 5.13 Å². The lowest BCUT2D eigenvalue weighted by Crippen LogP contribution is -1.98. The molecule has 0 saturated carbocycles. The molecule has 1 heterocycles. The van der Waals surface area contributed by atoms with E-state index in [-0.39, 0.29) is 11.6 Å².